The predicted octanol–water partition coefficient (Wildman–Crippen LogP) is 7.49. The highest BCUT2D eigenvalue weighted by Crippen LogP contribution is 2.38. The quantitative estimate of drug-likeness (QED) is 0.227. The van der Waals surface area contributed by atoms with Crippen molar-refractivity contribution in [2.45, 2.75) is 38.3 Å². The molecule has 2 amide bonds. The number of hydrogen-bond donors (Lipinski definition) is 1. The van der Waals surface area contributed by atoms with Crippen LogP contribution in [0.25, 0.3) is 16.6 Å². The summed E-state index contributed by atoms with van der Waals surface area (Å²) in [6, 6.07) is 13.5. The lowest BCUT2D eigenvalue weighted by Crippen LogP contribution is -2.55. The van der Waals surface area contributed by atoms with Crippen LogP contribution in [0.3, 0.4) is 0 Å². The summed E-state index contributed by atoms with van der Waals surface area (Å²) in [4.78, 5) is 34.9. The zero-order chi connectivity index (χ0) is 32.0. The van der Waals surface area contributed by atoms with E-state index in [4.69, 9.17) is 4.98 Å². The molecule has 5 rings (SSSR count). The number of carbonyl (C=O) groups excluding carboxylic acids is 1. The minimum absolute atomic E-state index is 0.00707. The van der Waals surface area contributed by atoms with E-state index >= 15 is 0 Å². The number of benzene rings is 3. The average Bonchev–Trinajstić information content (AvgIpc) is 2.96. The molecule has 0 bridgehead atoms. The van der Waals surface area contributed by atoms with E-state index < -0.39 is 47.3 Å². The van der Waals surface area contributed by atoms with Crippen molar-refractivity contribution in [2.24, 2.45) is 0 Å². The highest BCUT2D eigenvalue weighted by Gasteiger charge is 2.38. The molecule has 1 aromatic heterocycles. The van der Waals surface area contributed by atoms with E-state index in [1.165, 1.54) is 4.90 Å². The van der Waals surface area contributed by atoms with Crippen LogP contribution in [-0.2, 0) is 12.4 Å². The van der Waals surface area contributed by atoms with Crippen LogP contribution in [0.1, 0.15) is 36.8 Å². The molecule has 2 unspecified atom stereocenters. The van der Waals surface area contributed by atoms with Crippen LogP contribution in [0.5, 0.6) is 0 Å². The highest BCUT2D eigenvalue weighted by molar-refractivity contribution is 9.10. The van der Waals surface area contributed by atoms with Gasteiger partial charge < -0.3 is 10.2 Å². The fourth-order valence-corrected chi connectivity index (χ4v) is 5.56. The summed E-state index contributed by atoms with van der Waals surface area (Å²) in [5, 5.41) is 2.66. The van der Waals surface area contributed by atoms with Crippen molar-refractivity contribution in [3.63, 3.8) is 0 Å². The van der Waals surface area contributed by atoms with Gasteiger partial charge in [-0.15, -0.1) is 0 Å². The maximum absolute atomic E-state index is 13.7. The Labute approximate surface area is 256 Å². The summed E-state index contributed by atoms with van der Waals surface area (Å²) < 4.78 is 82.1. The number of rotatable bonds is 4. The zero-order valence-electron chi connectivity index (χ0n) is 23.4. The minimum Gasteiger partial charge on any atom is -0.319 e. The Morgan fingerprint density at radius 2 is 1.57 bits per heavy atom. The maximum Gasteiger partial charge on any atom is 0.416 e. The lowest BCUT2D eigenvalue weighted by atomic mass is 10.1. The second kappa shape index (κ2) is 11.9. The molecule has 0 aliphatic carbocycles. The van der Waals surface area contributed by atoms with Crippen LogP contribution in [0.4, 0.5) is 36.8 Å². The molecule has 1 aliphatic rings. The van der Waals surface area contributed by atoms with Crippen molar-refractivity contribution < 1.29 is 31.1 Å². The van der Waals surface area contributed by atoms with Crippen molar-refractivity contribution >= 4 is 38.6 Å². The Morgan fingerprint density at radius 1 is 0.955 bits per heavy atom. The van der Waals surface area contributed by atoms with Gasteiger partial charge in [-0.3, -0.25) is 14.3 Å². The van der Waals surface area contributed by atoms with E-state index in [1.807, 2.05) is 24.0 Å². The van der Waals surface area contributed by atoms with Crippen LogP contribution in [0.15, 0.2) is 76.0 Å². The van der Waals surface area contributed by atoms with E-state index in [2.05, 4.69) is 21.2 Å². The van der Waals surface area contributed by atoms with Crippen LogP contribution >= 0.6 is 15.9 Å². The third kappa shape index (κ3) is 6.46. The van der Waals surface area contributed by atoms with E-state index in [0.29, 0.717) is 47.6 Å². The first-order valence-electron chi connectivity index (χ1n) is 13.5. The molecule has 1 saturated heterocycles. The lowest BCUT2D eigenvalue weighted by Gasteiger charge is -2.42. The first-order valence-corrected chi connectivity index (χ1v) is 14.3. The van der Waals surface area contributed by atoms with Gasteiger partial charge in [-0.25, -0.2) is 9.78 Å². The predicted molar refractivity (Wildman–Crippen MR) is 157 cm³/mol. The molecule has 2 atom stereocenters. The maximum atomic E-state index is 13.7. The summed E-state index contributed by atoms with van der Waals surface area (Å²) >= 11 is 3.41. The fraction of sp³-hybridized carbons (Fsp3) is 0.300. The number of piperazine rings is 1. The number of alkyl halides is 6. The standard InChI is InChI=1S/C30H26BrF6N5O2/c1-17-16-40(11-12-41(17)28(44)38-22-14-19(29(32,33)34)13-20(15-22)30(35,36)37)18(2)26-39-25-6-4-3-5-24(25)27(43)42(26)23-9-7-21(31)8-10-23/h3-10,13-15,17-18H,11-12,16H2,1-2H3,(H,38,44). The first kappa shape index (κ1) is 31.5. The molecule has 7 nitrogen and oxygen atoms in total. The van der Waals surface area contributed by atoms with Crippen LogP contribution in [0, 0.1) is 0 Å². The summed E-state index contributed by atoms with van der Waals surface area (Å²) in [7, 11) is 0. The smallest absolute Gasteiger partial charge is 0.319 e. The van der Waals surface area contributed by atoms with Gasteiger partial charge in [0.25, 0.3) is 5.56 Å². The number of anilines is 1. The summed E-state index contributed by atoms with van der Waals surface area (Å²) in [6.07, 6.45) is -10.1. The van der Waals surface area contributed by atoms with E-state index in [9.17, 15) is 35.9 Å². The minimum atomic E-state index is -5.04. The second-order valence-electron chi connectivity index (χ2n) is 10.5. The molecule has 2 heterocycles. The monoisotopic (exact) mass is 681 g/mol. The number of halogens is 7. The SMILES string of the molecule is CC(c1nc2ccccc2c(=O)n1-c1ccc(Br)cc1)N1CCN(C(=O)Nc2cc(C(F)(F)F)cc(C(F)(F)F)c2)C(C)C1. The van der Waals surface area contributed by atoms with Gasteiger partial charge in [-0.1, -0.05) is 28.1 Å². The van der Waals surface area contributed by atoms with Crippen LogP contribution in [-0.4, -0.2) is 51.1 Å². The number of amides is 2. The molecule has 14 heteroatoms. The topological polar surface area (TPSA) is 70.5 Å². The van der Waals surface area contributed by atoms with Crippen molar-refractivity contribution in [1.29, 1.82) is 0 Å². The van der Waals surface area contributed by atoms with Gasteiger partial charge in [0.05, 0.1) is 33.8 Å². The van der Waals surface area contributed by atoms with Gasteiger partial charge in [0.2, 0.25) is 0 Å². The summed E-state index contributed by atoms with van der Waals surface area (Å²) in [6.45, 7) is 4.34. The Morgan fingerprint density at radius 3 is 2.16 bits per heavy atom. The average molecular weight is 682 g/mol. The van der Waals surface area contributed by atoms with Gasteiger partial charge in [-0.2, -0.15) is 26.3 Å². The van der Waals surface area contributed by atoms with Gasteiger partial charge in [0, 0.05) is 35.8 Å². The van der Waals surface area contributed by atoms with E-state index in [1.54, 1.807) is 47.9 Å². The molecular weight excluding hydrogens is 656 g/mol. The molecule has 0 saturated carbocycles. The van der Waals surface area contributed by atoms with Crippen LogP contribution < -0.4 is 10.9 Å². The number of hydrogen-bond acceptors (Lipinski definition) is 4. The van der Waals surface area contributed by atoms with E-state index in [-0.39, 0.29) is 18.2 Å². The number of para-hydroxylation sites is 1. The molecule has 0 spiro atoms. The van der Waals surface area contributed by atoms with Crippen molar-refractivity contribution in [3.05, 3.63) is 98.5 Å². The molecule has 1 fully saturated rings. The van der Waals surface area contributed by atoms with Crippen molar-refractivity contribution in [2.75, 3.05) is 25.0 Å². The summed E-state index contributed by atoms with van der Waals surface area (Å²) in [5.41, 5.74) is -2.76. The second-order valence-corrected chi connectivity index (χ2v) is 11.5. The fourth-order valence-electron chi connectivity index (χ4n) is 5.29. The Bertz CT molecular complexity index is 1720. The highest BCUT2D eigenvalue weighted by atomic mass is 79.9. The van der Waals surface area contributed by atoms with Crippen molar-refractivity contribution in [3.8, 4) is 5.69 Å². The Hall–Kier alpha value is -3.91. The molecular formula is C30H26BrF6N5O2. The zero-order valence-corrected chi connectivity index (χ0v) is 25.0. The van der Waals surface area contributed by atoms with Gasteiger partial charge in [0.1, 0.15) is 5.82 Å². The number of carbonyl (C=O) groups is 1. The number of aromatic nitrogens is 2. The number of nitrogens with one attached hydrogen (secondary N) is 1. The third-order valence-electron chi connectivity index (χ3n) is 7.57. The van der Waals surface area contributed by atoms with Gasteiger partial charge >= 0.3 is 18.4 Å². The van der Waals surface area contributed by atoms with Gasteiger partial charge in [-0.05, 0) is 68.4 Å². The number of nitrogens with zero attached hydrogens (tertiary/aromatic N) is 4. The van der Waals surface area contributed by atoms with Crippen LogP contribution in [0.2, 0.25) is 0 Å². The Balaban J connectivity index is 1.39. The third-order valence-corrected chi connectivity index (χ3v) is 8.10. The summed E-state index contributed by atoms with van der Waals surface area (Å²) in [5.74, 6) is 0.477. The largest absolute Gasteiger partial charge is 0.416 e. The molecule has 232 valence electrons. The number of fused-ring (bicyclic) bond motifs is 1. The van der Waals surface area contributed by atoms with Gasteiger partial charge in [0.15, 0.2) is 0 Å². The van der Waals surface area contributed by atoms with E-state index in [0.717, 1.165) is 4.47 Å². The molecule has 4 aromatic rings. The molecule has 3 aromatic carbocycles. The normalized spacial score (nSPS) is 17.1. The molecule has 1 aliphatic heterocycles. The Kier molecular flexibility index (Phi) is 8.51. The van der Waals surface area contributed by atoms with Crippen molar-refractivity contribution in [1.82, 2.24) is 19.4 Å². The molecule has 44 heavy (non-hydrogen) atoms. The molecule has 1 N–H and O–H groups in total. The number of urea groups is 1. The first-order chi connectivity index (χ1) is 20.6. The molecule has 0 radical (unpaired) electrons. The lowest BCUT2D eigenvalue weighted by molar-refractivity contribution is -0.143.